The highest BCUT2D eigenvalue weighted by molar-refractivity contribution is 5.92. The predicted octanol–water partition coefficient (Wildman–Crippen LogP) is -0.112. The summed E-state index contributed by atoms with van der Waals surface area (Å²) in [4.78, 5) is 26.8. The Labute approximate surface area is 174 Å². The highest BCUT2D eigenvalue weighted by Crippen LogP contribution is 2.17. The minimum absolute atomic E-state index is 0.0258. The number of nitrogens with one attached hydrogen (secondary N) is 4. The SMILES string of the molecule is CCc1ccccc1NC(=O)C[NH+]1CC[NH+](CC(=O)Nc2c(F)cccc2F)CC1. The summed E-state index contributed by atoms with van der Waals surface area (Å²) in [5.74, 6) is -2.03. The lowest BCUT2D eigenvalue weighted by molar-refractivity contribution is -1.00. The maximum Gasteiger partial charge on any atom is 0.279 e. The normalized spacial score (nSPS) is 18.6. The number of halogens is 2. The van der Waals surface area contributed by atoms with Crippen LogP contribution in [0.5, 0.6) is 0 Å². The number of amides is 2. The first-order valence-corrected chi connectivity index (χ1v) is 10.2. The lowest BCUT2D eigenvalue weighted by atomic mass is 10.1. The summed E-state index contributed by atoms with van der Waals surface area (Å²) in [6.07, 6.45) is 0.851. The molecule has 1 aliphatic rings. The Balaban J connectivity index is 1.43. The molecule has 1 aliphatic heterocycles. The molecule has 8 heteroatoms. The van der Waals surface area contributed by atoms with Crippen molar-refractivity contribution in [1.82, 2.24) is 0 Å². The number of hydrogen-bond acceptors (Lipinski definition) is 2. The molecule has 0 aromatic heterocycles. The van der Waals surface area contributed by atoms with Gasteiger partial charge < -0.3 is 20.4 Å². The first-order valence-electron chi connectivity index (χ1n) is 10.2. The third kappa shape index (κ3) is 5.84. The zero-order chi connectivity index (χ0) is 21.5. The van der Waals surface area contributed by atoms with Crippen LogP contribution in [0.3, 0.4) is 0 Å². The van der Waals surface area contributed by atoms with Gasteiger partial charge in [-0.3, -0.25) is 9.59 Å². The van der Waals surface area contributed by atoms with E-state index in [-0.39, 0.29) is 12.5 Å². The molecule has 3 rings (SSSR count). The van der Waals surface area contributed by atoms with Crippen LogP contribution in [0.4, 0.5) is 20.2 Å². The van der Waals surface area contributed by atoms with Crippen molar-refractivity contribution in [1.29, 1.82) is 0 Å². The summed E-state index contributed by atoms with van der Waals surface area (Å²) in [5, 5.41) is 5.31. The average Bonchev–Trinajstić information content (AvgIpc) is 2.72. The topological polar surface area (TPSA) is 67.1 Å². The van der Waals surface area contributed by atoms with Crippen molar-refractivity contribution >= 4 is 23.2 Å². The van der Waals surface area contributed by atoms with Crippen molar-refractivity contribution < 1.29 is 28.2 Å². The molecule has 0 radical (unpaired) electrons. The van der Waals surface area contributed by atoms with E-state index in [1.807, 2.05) is 24.3 Å². The van der Waals surface area contributed by atoms with Gasteiger partial charge in [-0.25, -0.2) is 8.78 Å². The average molecular weight is 418 g/mol. The molecular weight excluding hydrogens is 390 g/mol. The van der Waals surface area contributed by atoms with Gasteiger partial charge in [-0.1, -0.05) is 31.2 Å². The molecular formula is C22H28F2N4O2+2. The number of carbonyl (C=O) groups is 2. The van der Waals surface area contributed by atoms with Crippen molar-refractivity contribution in [3.8, 4) is 0 Å². The molecule has 2 amide bonds. The summed E-state index contributed by atoms with van der Waals surface area (Å²) in [5.41, 5.74) is 1.55. The molecule has 0 atom stereocenters. The molecule has 0 aliphatic carbocycles. The number of benzene rings is 2. The van der Waals surface area contributed by atoms with Crippen molar-refractivity contribution in [3.63, 3.8) is 0 Å². The second kappa shape index (κ2) is 10.3. The van der Waals surface area contributed by atoms with E-state index < -0.39 is 23.2 Å². The van der Waals surface area contributed by atoms with E-state index in [2.05, 4.69) is 17.6 Å². The number of anilines is 2. The minimum atomic E-state index is -0.789. The summed E-state index contributed by atoms with van der Waals surface area (Å²) in [7, 11) is 0. The van der Waals surface area contributed by atoms with Crippen LogP contribution in [0.1, 0.15) is 12.5 Å². The second-order valence-electron chi connectivity index (χ2n) is 7.56. The van der Waals surface area contributed by atoms with Crippen LogP contribution >= 0.6 is 0 Å². The summed E-state index contributed by atoms with van der Waals surface area (Å²) >= 11 is 0. The van der Waals surface area contributed by atoms with Crippen molar-refractivity contribution in [2.24, 2.45) is 0 Å². The zero-order valence-electron chi connectivity index (χ0n) is 17.1. The van der Waals surface area contributed by atoms with Crippen LogP contribution in [-0.2, 0) is 16.0 Å². The Morgan fingerprint density at radius 1 is 0.833 bits per heavy atom. The molecule has 1 fully saturated rings. The molecule has 2 aromatic carbocycles. The Morgan fingerprint density at radius 3 is 1.93 bits per heavy atom. The van der Waals surface area contributed by atoms with Crippen molar-refractivity contribution in [2.45, 2.75) is 13.3 Å². The van der Waals surface area contributed by atoms with Gasteiger partial charge in [0.25, 0.3) is 11.8 Å². The largest absolute Gasteiger partial charge is 0.321 e. The number of aryl methyl sites for hydroxylation is 1. The van der Waals surface area contributed by atoms with E-state index in [1.54, 1.807) is 0 Å². The fourth-order valence-electron chi connectivity index (χ4n) is 3.71. The standard InChI is InChI=1S/C22H26F2N4O2/c1-2-16-6-3-4-9-19(16)25-20(29)14-27-10-12-28(13-11-27)15-21(30)26-22-17(23)7-5-8-18(22)24/h3-9H,2,10-15H2,1H3,(H,25,29)(H,26,30)/p+2. The van der Waals surface area contributed by atoms with E-state index >= 15 is 0 Å². The Morgan fingerprint density at radius 2 is 1.37 bits per heavy atom. The van der Waals surface area contributed by atoms with E-state index in [0.717, 1.165) is 52.7 Å². The predicted molar refractivity (Wildman–Crippen MR) is 111 cm³/mol. The smallest absolute Gasteiger partial charge is 0.279 e. The third-order valence-corrected chi connectivity index (χ3v) is 5.38. The first kappa shape index (κ1) is 21.9. The van der Waals surface area contributed by atoms with Gasteiger partial charge in [0.05, 0.1) is 0 Å². The van der Waals surface area contributed by atoms with Crippen LogP contribution in [-0.4, -0.2) is 51.1 Å². The number of hydrogen-bond donors (Lipinski definition) is 4. The fraction of sp³-hybridized carbons (Fsp3) is 0.364. The number of rotatable bonds is 7. The summed E-state index contributed by atoms with van der Waals surface area (Å²) < 4.78 is 27.3. The van der Waals surface area contributed by atoms with Crippen LogP contribution < -0.4 is 20.4 Å². The lowest BCUT2D eigenvalue weighted by Crippen LogP contribution is -3.28. The Bertz CT molecular complexity index is 878. The van der Waals surface area contributed by atoms with Crippen LogP contribution in [0.15, 0.2) is 42.5 Å². The maximum absolute atomic E-state index is 13.7. The fourth-order valence-corrected chi connectivity index (χ4v) is 3.71. The van der Waals surface area contributed by atoms with E-state index in [0.29, 0.717) is 19.6 Å². The highest BCUT2D eigenvalue weighted by Gasteiger charge is 2.27. The molecule has 6 nitrogen and oxygen atoms in total. The van der Waals surface area contributed by atoms with E-state index in [9.17, 15) is 18.4 Å². The van der Waals surface area contributed by atoms with Crippen molar-refractivity contribution in [2.75, 3.05) is 49.9 Å². The van der Waals surface area contributed by atoms with Gasteiger partial charge in [0, 0.05) is 5.69 Å². The molecule has 30 heavy (non-hydrogen) atoms. The number of piperazine rings is 1. The zero-order valence-corrected chi connectivity index (χ0v) is 17.1. The van der Waals surface area contributed by atoms with Gasteiger partial charge in [-0.15, -0.1) is 0 Å². The van der Waals surface area contributed by atoms with Gasteiger partial charge in [0.2, 0.25) is 0 Å². The van der Waals surface area contributed by atoms with Crippen LogP contribution in [0.25, 0.3) is 0 Å². The molecule has 0 saturated carbocycles. The van der Waals surface area contributed by atoms with Gasteiger partial charge >= 0.3 is 0 Å². The summed E-state index contributed by atoms with van der Waals surface area (Å²) in [6, 6.07) is 11.2. The van der Waals surface area contributed by atoms with Crippen molar-refractivity contribution in [3.05, 3.63) is 59.7 Å². The van der Waals surface area contributed by atoms with Crippen LogP contribution in [0, 0.1) is 11.6 Å². The van der Waals surface area contributed by atoms with E-state index in [4.69, 9.17) is 0 Å². The van der Waals surface area contributed by atoms with Gasteiger partial charge in [0.15, 0.2) is 13.1 Å². The third-order valence-electron chi connectivity index (χ3n) is 5.38. The minimum Gasteiger partial charge on any atom is -0.321 e. The number of carbonyl (C=O) groups excluding carboxylic acids is 2. The molecule has 4 N–H and O–H groups in total. The summed E-state index contributed by atoms with van der Waals surface area (Å²) in [6.45, 7) is 5.48. The van der Waals surface area contributed by atoms with E-state index in [1.165, 1.54) is 6.07 Å². The number of quaternary nitrogens is 2. The monoisotopic (exact) mass is 418 g/mol. The quantitative estimate of drug-likeness (QED) is 0.507. The number of para-hydroxylation sites is 2. The van der Waals surface area contributed by atoms with Gasteiger partial charge in [-0.05, 0) is 30.2 Å². The second-order valence-corrected chi connectivity index (χ2v) is 7.56. The van der Waals surface area contributed by atoms with Crippen LogP contribution in [0.2, 0.25) is 0 Å². The molecule has 0 unspecified atom stereocenters. The highest BCUT2D eigenvalue weighted by atomic mass is 19.1. The Kier molecular flexibility index (Phi) is 7.48. The van der Waals surface area contributed by atoms with Gasteiger partial charge in [0.1, 0.15) is 43.5 Å². The molecule has 0 spiro atoms. The maximum atomic E-state index is 13.7. The molecule has 0 bridgehead atoms. The molecule has 1 heterocycles. The lowest BCUT2D eigenvalue weighted by Gasteiger charge is -2.29. The molecule has 1 saturated heterocycles. The first-order chi connectivity index (χ1) is 14.5. The van der Waals surface area contributed by atoms with Gasteiger partial charge in [-0.2, -0.15) is 0 Å². The molecule has 2 aromatic rings. The molecule has 160 valence electrons. The Hall–Kier alpha value is -2.84.